The molecule has 8 heteroatoms. The molecule has 2 aromatic heterocycles. The quantitative estimate of drug-likeness (QED) is 0.685. The van der Waals surface area contributed by atoms with Crippen LogP contribution in [0.15, 0.2) is 41.1 Å². The molecular weight excluding hydrogens is 326 g/mol. The van der Waals surface area contributed by atoms with Crippen LogP contribution in [0.1, 0.15) is 5.56 Å². The predicted molar refractivity (Wildman–Crippen MR) is 90.6 cm³/mol. The first kappa shape index (κ1) is 16.1. The highest BCUT2D eigenvalue weighted by Gasteiger charge is 2.13. The Bertz CT molecular complexity index is 816. The lowest BCUT2D eigenvalue weighted by molar-refractivity contribution is -0.131. The van der Waals surface area contributed by atoms with Gasteiger partial charge >= 0.3 is 0 Å². The van der Waals surface area contributed by atoms with E-state index in [2.05, 4.69) is 15.4 Å². The average molecular weight is 343 g/mol. The molecule has 24 heavy (non-hydrogen) atoms. The number of benzene rings is 1. The summed E-state index contributed by atoms with van der Waals surface area (Å²) in [7, 11) is 3.37. The number of rotatable bonds is 6. The molecule has 0 spiro atoms. The molecule has 3 aromatic rings. The zero-order chi connectivity index (χ0) is 16.9. The molecule has 1 aromatic carbocycles. The normalized spacial score (nSPS) is 10.6. The third kappa shape index (κ3) is 3.77. The fourth-order valence-corrected chi connectivity index (χ4v) is 2.83. The highest BCUT2D eigenvalue weighted by molar-refractivity contribution is 7.07. The van der Waals surface area contributed by atoms with Gasteiger partial charge in [0.05, 0.1) is 7.11 Å². The van der Waals surface area contributed by atoms with Gasteiger partial charge in [0.1, 0.15) is 12.3 Å². The fourth-order valence-electron chi connectivity index (χ4n) is 2.17. The number of likely N-dealkylation sites (N-methyl/N-ethyl adjacent to an activating group) is 1. The molecule has 2 heterocycles. The zero-order valence-corrected chi connectivity index (χ0v) is 14.2. The van der Waals surface area contributed by atoms with Crippen LogP contribution in [0.5, 0.6) is 5.75 Å². The molecule has 0 saturated heterocycles. The van der Waals surface area contributed by atoms with Crippen LogP contribution >= 0.6 is 11.3 Å². The number of ether oxygens (including phenoxy) is 1. The summed E-state index contributed by atoms with van der Waals surface area (Å²) in [5, 5.41) is 16.3. The number of carbonyl (C=O) groups excluding carboxylic acids is 1. The number of methoxy groups -OCH3 is 1. The molecule has 1 amide bonds. The molecule has 0 saturated carbocycles. The summed E-state index contributed by atoms with van der Waals surface area (Å²) in [6.45, 7) is 0.622. The summed E-state index contributed by atoms with van der Waals surface area (Å²) >= 11 is 1.61. The van der Waals surface area contributed by atoms with Crippen LogP contribution in [-0.4, -0.2) is 45.2 Å². The first-order valence-corrected chi connectivity index (χ1v) is 8.27. The molecular formula is C16H17N5O2S. The molecule has 0 bridgehead atoms. The Balaban J connectivity index is 1.66. The molecule has 124 valence electrons. The van der Waals surface area contributed by atoms with E-state index in [1.54, 1.807) is 30.4 Å². The van der Waals surface area contributed by atoms with Gasteiger partial charge in [-0.3, -0.25) is 4.79 Å². The minimum absolute atomic E-state index is 0.0532. The summed E-state index contributed by atoms with van der Waals surface area (Å²) in [6, 6.07) is 9.40. The van der Waals surface area contributed by atoms with Crippen molar-refractivity contribution < 1.29 is 9.53 Å². The Hall–Kier alpha value is -2.74. The molecule has 0 fully saturated rings. The number of aromatic nitrogens is 4. The van der Waals surface area contributed by atoms with Gasteiger partial charge in [-0.1, -0.05) is 12.1 Å². The number of hydrogen-bond acceptors (Lipinski definition) is 6. The molecule has 0 aliphatic rings. The lowest BCUT2D eigenvalue weighted by Crippen LogP contribution is -2.30. The van der Waals surface area contributed by atoms with E-state index in [-0.39, 0.29) is 12.5 Å². The number of tetrazole rings is 1. The Labute approximate surface area is 143 Å². The van der Waals surface area contributed by atoms with Crippen LogP contribution in [0.4, 0.5) is 0 Å². The second-order valence-corrected chi connectivity index (χ2v) is 6.04. The summed E-state index contributed by atoms with van der Waals surface area (Å²) in [5.74, 6) is 1.11. The Morgan fingerprint density at radius 3 is 3.00 bits per heavy atom. The van der Waals surface area contributed by atoms with Crippen LogP contribution in [0.2, 0.25) is 0 Å². The van der Waals surface area contributed by atoms with Gasteiger partial charge in [-0.2, -0.15) is 16.1 Å². The highest BCUT2D eigenvalue weighted by atomic mass is 32.1. The standard InChI is InChI=1S/C16H17N5O2S/c1-20(9-12-6-7-24-11-12)15(22)10-21-18-16(17-19-21)13-4-3-5-14(8-13)23-2/h3-8,11H,9-10H2,1-2H3. The topological polar surface area (TPSA) is 73.1 Å². The smallest absolute Gasteiger partial charge is 0.246 e. The predicted octanol–water partition coefficient (Wildman–Crippen LogP) is 2.07. The van der Waals surface area contributed by atoms with Crippen molar-refractivity contribution in [3.05, 3.63) is 46.7 Å². The summed E-state index contributed by atoms with van der Waals surface area (Å²) < 4.78 is 5.19. The van der Waals surface area contributed by atoms with Crippen LogP contribution in [0, 0.1) is 0 Å². The first-order valence-electron chi connectivity index (χ1n) is 7.33. The van der Waals surface area contributed by atoms with Gasteiger partial charge in [0.25, 0.3) is 0 Å². The van der Waals surface area contributed by atoms with Gasteiger partial charge in [-0.05, 0) is 39.7 Å². The minimum atomic E-state index is -0.0733. The number of hydrogen-bond donors (Lipinski definition) is 0. The van der Waals surface area contributed by atoms with Gasteiger partial charge in [-0.25, -0.2) is 0 Å². The molecule has 0 aliphatic carbocycles. The molecule has 7 nitrogen and oxygen atoms in total. The summed E-state index contributed by atoms with van der Waals surface area (Å²) in [6.07, 6.45) is 0. The maximum absolute atomic E-state index is 12.3. The number of nitrogens with zero attached hydrogens (tertiary/aromatic N) is 5. The fraction of sp³-hybridized carbons (Fsp3) is 0.250. The van der Waals surface area contributed by atoms with E-state index in [1.807, 2.05) is 41.1 Å². The van der Waals surface area contributed by atoms with E-state index >= 15 is 0 Å². The van der Waals surface area contributed by atoms with Gasteiger partial charge in [0, 0.05) is 19.2 Å². The zero-order valence-electron chi connectivity index (χ0n) is 13.4. The van der Waals surface area contributed by atoms with Gasteiger partial charge in [-0.15, -0.1) is 10.2 Å². The van der Waals surface area contributed by atoms with E-state index in [1.165, 1.54) is 4.80 Å². The van der Waals surface area contributed by atoms with Gasteiger partial charge in [0.15, 0.2) is 0 Å². The van der Waals surface area contributed by atoms with Crippen LogP contribution < -0.4 is 4.74 Å². The molecule has 0 unspecified atom stereocenters. The van der Waals surface area contributed by atoms with Gasteiger partial charge < -0.3 is 9.64 Å². The van der Waals surface area contributed by atoms with Crippen molar-refractivity contribution in [3.63, 3.8) is 0 Å². The van der Waals surface area contributed by atoms with Crippen molar-refractivity contribution >= 4 is 17.2 Å². The van der Waals surface area contributed by atoms with Crippen molar-refractivity contribution in [3.8, 4) is 17.1 Å². The van der Waals surface area contributed by atoms with Crippen LogP contribution in [-0.2, 0) is 17.9 Å². The number of amides is 1. The Morgan fingerprint density at radius 1 is 1.38 bits per heavy atom. The van der Waals surface area contributed by atoms with Crippen LogP contribution in [0.25, 0.3) is 11.4 Å². The lowest BCUT2D eigenvalue weighted by atomic mass is 10.2. The molecule has 0 atom stereocenters. The first-order chi connectivity index (χ1) is 11.7. The van der Waals surface area contributed by atoms with E-state index in [0.29, 0.717) is 12.4 Å². The second kappa shape index (κ2) is 7.22. The van der Waals surface area contributed by atoms with Crippen molar-refractivity contribution in [2.75, 3.05) is 14.2 Å². The molecule has 0 radical (unpaired) electrons. The average Bonchev–Trinajstić information content (AvgIpc) is 3.26. The van der Waals surface area contributed by atoms with Crippen molar-refractivity contribution in [1.82, 2.24) is 25.1 Å². The Morgan fingerprint density at radius 2 is 2.25 bits per heavy atom. The van der Waals surface area contributed by atoms with Crippen LogP contribution in [0.3, 0.4) is 0 Å². The highest BCUT2D eigenvalue weighted by Crippen LogP contribution is 2.19. The maximum atomic E-state index is 12.3. The SMILES string of the molecule is COc1cccc(-c2nnn(CC(=O)N(C)Cc3ccsc3)n2)c1. The van der Waals surface area contributed by atoms with Crippen molar-refractivity contribution in [1.29, 1.82) is 0 Å². The molecule has 0 aliphatic heterocycles. The molecule has 0 N–H and O–H groups in total. The monoisotopic (exact) mass is 343 g/mol. The lowest BCUT2D eigenvalue weighted by Gasteiger charge is -2.15. The van der Waals surface area contributed by atoms with E-state index in [4.69, 9.17) is 4.74 Å². The summed E-state index contributed by atoms with van der Waals surface area (Å²) in [5.41, 5.74) is 1.90. The Kier molecular flexibility index (Phi) is 4.85. The maximum Gasteiger partial charge on any atom is 0.246 e. The number of carbonyl (C=O) groups is 1. The van der Waals surface area contributed by atoms with Crippen molar-refractivity contribution in [2.24, 2.45) is 0 Å². The largest absolute Gasteiger partial charge is 0.497 e. The van der Waals surface area contributed by atoms with E-state index in [9.17, 15) is 4.79 Å². The molecule has 3 rings (SSSR count). The second-order valence-electron chi connectivity index (χ2n) is 5.26. The summed E-state index contributed by atoms with van der Waals surface area (Å²) in [4.78, 5) is 15.2. The minimum Gasteiger partial charge on any atom is -0.497 e. The number of thiophene rings is 1. The van der Waals surface area contributed by atoms with Crippen molar-refractivity contribution in [2.45, 2.75) is 13.1 Å². The van der Waals surface area contributed by atoms with Gasteiger partial charge in [0.2, 0.25) is 11.7 Å². The van der Waals surface area contributed by atoms with E-state index < -0.39 is 0 Å². The third-order valence-corrected chi connectivity index (χ3v) is 4.22. The third-order valence-electron chi connectivity index (χ3n) is 3.48. The van der Waals surface area contributed by atoms with E-state index in [0.717, 1.165) is 16.9 Å².